The molecular formula is C16H19N3O4. The van der Waals surface area contributed by atoms with Crippen LogP contribution in [0.3, 0.4) is 0 Å². The molecule has 7 nitrogen and oxygen atoms in total. The molecule has 0 spiro atoms. The lowest BCUT2D eigenvalue weighted by Gasteiger charge is -2.16. The molecular weight excluding hydrogens is 298 g/mol. The van der Waals surface area contributed by atoms with Crippen molar-refractivity contribution in [3.8, 4) is 11.5 Å². The van der Waals surface area contributed by atoms with Gasteiger partial charge in [0.05, 0.1) is 6.04 Å². The number of nitrogens with one attached hydrogen (secondary N) is 2. The minimum absolute atomic E-state index is 0.116. The summed E-state index contributed by atoms with van der Waals surface area (Å²) in [6.07, 6.45) is 0. The lowest BCUT2D eigenvalue weighted by molar-refractivity contribution is 0.174. The molecule has 0 saturated heterocycles. The van der Waals surface area contributed by atoms with E-state index in [-0.39, 0.29) is 24.4 Å². The molecule has 1 aliphatic rings. The molecule has 0 amide bonds. The summed E-state index contributed by atoms with van der Waals surface area (Å²) < 4.78 is 11.8. The van der Waals surface area contributed by atoms with Gasteiger partial charge in [0.2, 0.25) is 6.79 Å². The van der Waals surface area contributed by atoms with E-state index in [9.17, 15) is 9.59 Å². The molecule has 0 aliphatic carbocycles. The smallest absolute Gasteiger partial charge is 0.330 e. The Balaban J connectivity index is 1.84. The number of fused-ring (bicyclic) bond motifs is 1. The molecule has 122 valence electrons. The third-order valence-electron chi connectivity index (χ3n) is 3.75. The molecule has 0 saturated carbocycles. The minimum atomic E-state index is -0.423. The van der Waals surface area contributed by atoms with Gasteiger partial charge in [-0.1, -0.05) is 6.07 Å². The van der Waals surface area contributed by atoms with Gasteiger partial charge >= 0.3 is 5.69 Å². The Hall–Kier alpha value is -2.70. The van der Waals surface area contributed by atoms with Crippen molar-refractivity contribution in [3.05, 3.63) is 50.7 Å². The Bertz CT molecular complexity index is 807. The average Bonchev–Trinajstić information content (AvgIpc) is 2.93. The van der Waals surface area contributed by atoms with Gasteiger partial charge in [-0.05, 0) is 38.5 Å². The van der Waals surface area contributed by atoms with Gasteiger partial charge in [-0.25, -0.2) is 4.79 Å². The first kappa shape index (κ1) is 15.2. The van der Waals surface area contributed by atoms with Crippen molar-refractivity contribution in [1.29, 1.82) is 0 Å². The summed E-state index contributed by atoms with van der Waals surface area (Å²) in [6, 6.07) is 6.73. The number of nitrogens with zero attached hydrogens (tertiary/aromatic N) is 1. The fourth-order valence-corrected chi connectivity index (χ4v) is 2.57. The van der Waals surface area contributed by atoms with Crippen LogP contribution in [0.2, 0.25) is 0 Å². The molecule has 0 bridgehead atoms. The zero-order valence-electron chi connectivity index (χ0n) is 13.3. The molecule has 1 aliphatic heterocycles. The summed E-state index contributed by atoms with van der Waals surface area (Å²) >= 11 is 0. The molecule has 1 aromatic carbocycles. The van der Waals surface area contributed by atoms with Crippen molar-refractivity contribution in [1.82, 2.24) is 9.55 Å². The zero-order chi connectivity index (χ0) is 16.6. The van der Waals surface area contributed by atoms with Crippen LogP contribution in [0.5, 0.6) is 11.5 Å². The third-order valence-corrected chi connectivity index (χ3v) is 3.75. The first-order valence-corrected chi connectivity index (χ1v) is 7.47. The van der Waals surface area contributed by atoms with E-state index in [2.05, 4.69) is 10.3 Å². The summed E-state index contributed by atoms with van der Waals surface area (Å²) in [5.74, 6) is 1.80. The number of hydrogen-bond acceptors (Lipinski definition) is 5. The lowest BCUT2D eigenvalue weighted by atomic mass is 10.1. The van der Waals surface area contributed by atoms with E-state index in [1.54, 1.807) is 13.8 Å². The quantitative estimate of drug-likeness (QED) is 0.901. The molecule has 7 heteroatoms. The molecule has 2 aromatic rings. The van der Waals surface area contributed by atoms with Crippen LogP contribution in [0.4, 0.5) is 5.82 Å². The van der Waals surface area contributed by atoms with Crippen LogP contribution in [-0.2, 0) is 0 Å². The normalized spacial score (nSPS) is 14.1. The largest absolute Gasteiger partial charge is 0.454 e. The van der Waals surface area contributed by atoms with Gasteiger partial charge in [0.1, 0.15) is 5.82 Å². The molecule has 0 radical (unpaired) electrons. The van der Waals surface area contributed by atoms with Crippen molar-refractivity contribution in [2.45, 2.75) is 32.9 Å². The van der Waals surface area contributed by atoms with E-state index in [4.69, 9.17) is 9.47 Å². The average molecular weight is 317 g/mol. The van der Waals surface area contributed by atoms with E-state index >= 15 is 0 Å². The Morgan fingerprint density at radius 2 is 1.87 bits per heavy atom. The topological polar surface area (TPSA) is 85.4 Å². The first-order valence-electron chi connectivity index (χ1n) is 7.47. The molecule has 3 rings (SSSR count). The van der Waals surface area contributed by atoms with Crippen LogP contribution in [0.25, 0.3) is 0 Å². The van der Waals surface area contributed by atoms with Crippen LogP contribution in [-0.4, -0.2) is 16.3 Å². The molecule has 2 N–H and O–H groups in total. The highest BCUT2D eigenvalue weighted by molar-refractivity contribution is 5.47. The first-order chi connectivity index (χ1) is 11.0. The highest BCUT2D eigenvalue weighted by Gasteiger charge is 2.16. The number of aromatic nitrogens is 2. The number of benzene rings is 1. The summed E-state index contributed by atoms with van der Waals surface area (Å²) in [7, 11) is 0. The zero-order valence-corrected chi connectivity index (χ0v) is 13.3. The lowest BCUT2D eigenvalue weighted by Crippen LogP contribution is -2.36. The summed E-state index contributed by atoms with van der Waals surface area (Å²) in [5, 5.41) is 3.13. The number of anilines is 1. The molecule has 23 heavy (non-hydrogen) atoms. The van der Waals surface area contributed by atoms with Gasteiger partial charge in [0.25, 0.3) is 5.56 Å². The second kappa shape index (κ2) is 5.83. The van der Waals surface area contributed by atoms with Crippen LogP contribution >= 0.6 is 0 Å². The van der Waals surface area contributed by atoms with Crippen molar-refractivity contribution >= 4 is 5.82 Å². The molecule has 1 atom stereocenters. The van der Waals surface area contributed by atoms with Crippen LogP contribution in [0.15, 0.2) is 33.9 Å². The predicted molar refractivity (Wildman–Crippen MR) is 86.3 cm³/mol. The molecule has 1 aromatic heterocycles. The maximum atomic E-state index is 12.0. The highest BCUT2D eigenvalue weighted by Crippen LogP contribution is 2.34. The summed E-state index contributed by atoms with van der Waals surface area (Å²) in [5.41, 5.74) is 0.208. The number of H-pyrrole nitrogens is 1. The summed E-state index contributed by atoms with van der Waals surface area (Å²) in [4.78, 5) is 26.7. The van der Waals surface area contributed by atoms with E-state index < -0.39 is 5.69 Å². The second-order valence-electron chi connectivity index (χ2n) is 5.77. The van der Waals surface area contributed by atoms with Gasteiger partial charge < -0.3 is 14.8 Å². The van der Waals surface area contributed by atoms with Crippen molar-refractivity contribution in [3.63, 3.8) is 0 Å². The number of aromatic amines is 1. The maximum absolute atomic E-state index is 12.0. The Morgan fingerprint density at radius 3 is 2.57 bits per heavy atom. The van der Waals surface area contributed by atoms with Crippen molar-refractivity contribution < 1.29 is 9.47 Å². The number of rotatable bonds is 4. The monoisotopic (exact) mass is 317 g/mol. The third kappa shape index (κ3) is 2.94. The molecule has 1 unspecified atom stereocenters. The van der Waals surface area contributed by atoms with Gasteiger partial charge in [0, 0.05) is 12.1 Å². The molecule has 0 fully saturated rings. The Kier molecular flexibility index (Phi) is 3.85. The standard InChI is InChI=1S/C16H19N3O4/c1-9(2)19-15(20)7-14(18-16(19)21)17-10(3)11-4-5-12-13(6-11)23-8-22-12/h4-7,9-10,17H,8H2,1-3H3,(H,18,21). The predicted octanol–water partition coefficient (Wildman–Crippen LogP) is 2.02. The van der Waals surface area contributed by atoms with E-state index in [1.807, 2.05) is 25.1 Å². The minimum Gasteiger partial charge on any atom is -0.454 e. The highest BCUT2D eigenvalue weighted by atomic mass is 16.7. The van der Waals surface area contributed by atoms with Crippen LogP contribution < -0.4 is 26.0 Å². The van der Waals surface area contributed by atoms with Gasteiger partial charge in [0.15, 0.2) is 11.5 Å². The van der Waals surface area contributed by atoms with E-state index in [1.165, 1.54) is 10.6 Å². The number of ether oxygens (including phenoxy) is 2. The van der Waals surface area contributed by atoms with Gasteiger partial charge in [-0.2, -0.15) is 0 Å². The maximum Gasteiger partial charge on any atom is 0.330 e. The van der Waals surface area contributed by atoms with Crippen molar-refractivity contribution in [2.75, 3.05) is 12.1 Å². The van der Waals surface area contributed by atoms with Crippen molar-refractivity contribution in [2.24, 2.45) is 0 Å². The SMILES string of the molecule is CC(Nc1cc(=O)n(C(C)C)c(=O)[nH]1)c1ccc2c(c1)OCO2. The Labute approximate surface area is 132 Å². The van der Waals surface area contributed by atoms with Gasteiger partial charge in [-0.15, -0.1) is 0 Å². The van der Waals surface area contributed by atoms with Crippen LogP contribution in [0.1, 0.15) is 38.4 Å². The fourth-order valence-electron chi connectivity index (χ4n) is 2.57. The van der Waals surface area contributed by atoms with Gasteiger partial charge in [-0.3, -0.25) is 14.3 Å². The summed E-state index contributed by atoms with van der Waals surface area (Å²) in [6.45, 7) is 5.74. The van der Waals surface area contributed by atoms with E-state index in [0.717, 1.165) is 5.56 Å². The van der Waals surface area contributed by atoms with E-state index in [0.29, 0.717) is 17.3 Å². The van der Waals surface area contributed by atoms with Crippen LogP contribution in [0, 0.1) is 0 Å². The number of hydrogen-bond donors (Lipinski definition) is 2. The Morgan fingerprint density at radius 1 is 1.13 bits per heavy atom. The molecule has 2 heterocycles. The second-order valence-corrected chi connectivity index (χ2v) is 5.77. The fraction of sp³-hybridized carbons (Fsp3) is 0.375.